The van der Waals surface area contributed by atoms with Crippen molar-refractivity contribution in [3.63, 3.8) is 0 Å². The fourth-order valence-corrected chi connectivity index (χ4v) is 3.45. The highest BCUT2D eigenvalue weighted by Gasteiger charge is 2.31. The summed E-state index contributed by atoms with van der Waals surface area (Å²) >= 11 is 0. The van der Waals surface area contributed by atoms with Crippen LogP contribution in [0.1, 0.15) is 46.9 Å². The molecule has 1 amide bonds. The predicted molar refractivity (Wildman–Crippen MR) is 100 cm³/mol. The summed E-state index contributed by atoms with van der Waals surface area (Å²) in [5.74, 6) is 1.07. The molecule has 0 saturated carbocycles. The first-order valence-electron chi connectivity index (χ1n) is 9.17. The highest BCUT2D eigenvalue weighted by atomic mass is 16.5. The number of amides is 1. The van der Waals surface area contributed by atoms with Gasteiger partial charge in [-0.25, -0.2) is 0 Å². The zero-order valence-corrected chi connectivity index (χ0v) is 16.0. The maximum atomic E-state index is 13.0. The molecule has 1 aromatic carbocycles. The monoisotopic (exact) mass is 371 g/mol. The molecule has 0 bridgehead atoms. The van der Waals surface area contributed by atoms with Gasteiger partial charge in [0.25, 0.3) is 5.91 Å². The van der Waals surface area contributed by atoms with Crippen molar-refractivity contribution in [1.82, 2.24) is 14.7 Å². The van der Waals surface area contributed by atoms with Crippen molar-refractivity contribution in [1.29, 1.82) is 0 Å². The second-order valence-corrected chi connectivity index (χ2v) is 6.62. The number of ether oxygens (including phenoxy) is 2. The van der Waals surface area contributed by atoms with Crippen LogP contribution < -0.4 is 9.47 Å². The minimum Gasteiger partial charge on any atom is -0.493 e. The molecule has 0 aliphatic carbocycles. The Morgan fingerprint density at radius 1 is 1.26 bits per heavy atom. The van der Waals surface area contributed by atoms with Crippen molar-refractivity contribution in [3.05, 3.63) is 41.7 Å². The fourth-order valence-electron chi connectivity index (χ4n) is 3.45. The van der Waals surface area contributed by atoms with Crippen molar-refractivity contribution in [2.45, 2.75) is 32.2 Å². The molecule has 1 aliphatic heterocycles. The molecule has 1 aliphatic rings. The van der Waals surface area contributed by atoms with Gasteiger partial charge in [-0.15, -0.1) is 0 Å². The first-order valence-corrected chi connectivity index (χ1v) is 9.17. The van der Waals surface area contributed by atoms with E-state index in [0.29, 0.717) is 42.2 Å². The lowest BCUT2D eigenvalue weighted by atomic mass is 10.0. The smallest absolute Gasteiger partial charge is 0.254 e. The van der Waals surface area contributed by atoms with Crippen molar-refractivity contribution < 1.29 is 19.1 Å². The van der Waals surface area contributed by atoms with E-state index in [1.165, 1.54) is 0 Å². The Labute approximate surface area is 158 Å². The number of Topliss-reactive ketones (excluding diaryl/α,β-unsaturated/α-hetero) is 1. The molecular weight excluding hydrogens is 346 g/mol. The Bertz CT molecular complexity index is 830. The van der Waals surface area contributed by atoms with Crippen LogP contribution in [0.5, 0.6) is 11.5 Å². The van der Waals surface area contributed by atoms with Crippen LogP contribution >= 0.6 is 0 Å². The molecule has 7 heteroatoms. The average molecular weight is 371 g/mol. The van der Waals surface area contributed by atoms with E-state index in [0.717, 1.165) is 12.8 Å². The van der Waals surface area contributed by atoms with Crippen LogP contribution in [0.15, 0.2) is 30.6 Å². The Balaban J connectivity index is 1.74. The van der Waals surface area contributed by atoms with E-state index >= 15 is 0 Å². The Morgan fingerprint density at radius 3 is 2.74 bits per heavy atom. The van der Waals surface area contributed by atoms with Gasteiger partial charge < -0.3 is 14.4 Å². The third-order valence-electron chi connectivity index (χ3n) is 4.80. The third-order valence-corrected chi connectivity index (χ3v) is 4.80. The number of methoxy groups -OCH3 is 1. The third kappa shape index (κ3) is 4.13. The summed E-state index contributed by atoms with van der Waals surface area (Å²) in [6.45, 7) is 3.07. The maximum absolute atomic E-state index is 13.0. The number of likely N-dealkylation sites (tertiary alicyclic amines) is 1. The Hall–Kier alpha value is -2.83. The van der Waals surface area contributed by atoms with E-state index in [9.17, 15) is 9.59 Å². The lowest BCUT2D eigenvalue weighted by molar-refractivity contribution is 0.0716. The fraction of sp³-hybridized carbons (Fsp3) is 0.450. The lowest BCUT2D eigenvalue weighted by Crippen LogP contribution is -2.36. The topological polar surface area (TPSA) is 73.7 Å². The molecule has 1 atom stereocenters. The van der Waals surface area contributed by atoms with Crippen molar-refractivity contribution >= 4 is 11.7 Å². The Morgan fingerprint density at radius 2 is 2.07 bits per heavy atom. The molecule has 0 N–H and O–H groups in total. The molecule has 144 valence electrons. The van der Waals surface area contributed by atoms with Crippen LogP contribution in [0.2, 0.25) is 0 Å². The van der Waals surface area contributed by atoms with Gasteiger partial charge in [0.1, 0.15) is 0 Å². The molecule has 3 rings (SSSR count). The summed E-state index contributed by atoms with van der Waals surface area (Å²) in [7, 11) is 3.33. The number of rotatable bonds is 7. The molecule has 2 aromatic rings. The molecular formula is C20H25N3O4. The minimum atomic E-state index is -0.0947. The molecule has 0 spiro atoms. The van der Waals surface area contributed by atoms with Crippen LogP contribution in [-0.4, -0.2) is 52.7 Å². The minimum absolute atomic E-state index is 0.0112. The highest BCUT2D eigenvalue weighted by Crippen LogP contribution is 2.30. The van der Waals surface area contributed by atoms with Gasteiger partial charge in [-0.2, -0.15) is 5.10 Å². The molecule has 2 heterocycles. The number of ketones is 1. The maximum Gasteiger partial charge on any atom is 0.254 e. The van der Waals surface area contributed by atoms with Gasteiger partial charge in [0.05, 0.1) is 25.5 Å². The first kappa shape index (κ1) is 18.9. The van der Waals surface area contributed by atoms with E-state index < -0.39 is 0 Å². The zero-order chi connectivity index (χ0) is 19.4. The van der Waals surface area contributed by atoms with Gasteiger partial charge in [0, 0.05) is 37.8 Å². The highest BCUT2D eigenvalue weighted by molar-refractivity contribution is 5.98. The number of aromatic nitrogens is 2. The van der Waals surface area contributed by atoms with E-state index in [2.05, 4.69) is 5.10 Å². The standard InChI is InChI=1S/C20H25N3O4/c1-4-27-18-8-7-14(10-19(18)26-3)20(25)23-9-5-6-16(23)11-17(24)15-12-21-22(2)13-15/h7-8,10,12-13,16H,4-6,9,11H2,1-3H3. The number of benzene rings is 1. The normalized spacial score (nSPS) is 16.4. The summed E-state index contributed by atoms with van der Waals surface area (Å²) in [6, 6.07) is 5.10. The van der Waals surface area contributed by atoms with E-state index in [-0.39, 0.29) is 17.7 Å². The van der Waals surface area contributed by atoms with Gasteiger partial charge in [0.15, 0.2) is 17.3 Å². The molecule has 1 fully saturated rings. The summed E-state index contributed by atoms with van der Waals surface area (Å²) in [5.41, 5.74) is 1.12. The predicted octanol–water partition coefficient (Wildman–Crippen LogP) is 2.71. The van der Waals surface area contributed by atoms with Crippen molar-refractivity contribution in [2.75, 3.05) is 20.3 Å². The number of hydrogen-bond acceptors (Lipinski definition) is 5. The Kier molecular flexibility index (Phi) is 5.78. The SMILES string of the molecule is CCOc1ccc(C(=O)N2CCCC2CC(=O)c2cnn(C)c2)cc1OC. The van der Waals surface area contributed by atoms with Gasteiger partial charge in [-0.05, 0) is 38.0 Å². The second kappa shape index (κ2) is 8.24. The number of hydrogen-bond donors (Lipinski definition) is 0. The second-order valence-electron chi connectivity index (χ2n) is 6.62. The van der Waals surface area contributed by atoms with Crippen LogP contribution in [0, 0.1) is 0 Å². The van der Waals surface area contributed by atoms with Gasteiger partial charge in [-0.1, -0.05) is 0 Å². The average Bonchev–Trinajstić information content (AvgIpc) is 3.30. The molecule has 1 saturated heterocycles. The van der Waals surface area contributed by atoms with Crippen molar-refractivity contribution in [2.24, 2.45) is 7.05 Å². The summed E-state index contributed by atoms with van der Waals surface area (Å²) in [4.78, 5) is 27.3. The summed E-state index contributed by atoms with van der Waals surface area (Å²) < 4.78 is 12.5. The number of carbonyl (C=O) groups is 2. The van der Waals surface area contributed by atoms with E-state index in [1.54, 1.807) is 54.3 Å². The molecule has 0 radical (unpaired) electrons. The van der Waals surface area contributed by atoms with Crippen LogP contribution in [0.4, 0.5) is 0 Å². The zero-order valence-electron chi connectivity index (χ0n) is 16.0. The number of carbonyl (C=O) groups excluding carboxylic acids is 2. The number of aryl methyl sites for hydroxylation is 1. The van der Waals surface area contributed by atoms with Gasteiger partial charge >= 0.3 is 0 Å². The number of nitrogens with zero attached hydrogens (tertiary/aromatic N) is 3. The first-order chi connectivity index (χ1) is 13.0. The molecule has 1 unspecified atom stereocenters. The van der Waals surface area contributed by atoms with Crippen molar-refractivity contribution in [3.8, 4) is 11.5 Å². The van der Waals surface area contributed by atoms with Gasteiger partial charge in [-0.3, -0.25) is 14.3 Å². The molecule has 27 heavy (non-hydrogen) atoms. The van der Waals surface area contributed by atoms with E-state index in [4.69, 9.17) is 9.47 Å². The molecule has 1 aromatic heterocycles. The quantitative estimate of drug-likeness (QED) is 0.700. The lowest BCUT2D eigenvalue weighted by Gasteiger charge is -2.24. The van der Waals surface area contributed by atoms with E-state index in [1.807, 2.05) is 6.92 Å². The van der Waals surface area contributed by atoms with Crippen LogP contribution in [0.3, 0.4) is 0 Å². The summed E-state index contributed by atoms with van der Waals surface area (Å²) in [6.07, 6.45) is 5.31. The van der Waals surface area contributed by atoms with Crippen LogP contribution in [0.25, 0.3) is 0 Å². The van der Waals surface area contributed by atoms with Crippen LogP contribution in [-0.2, 0) is 7.05 Å². The largest absolute Gasteiger partial charge is 0.493 e. The molecule has 7 nitrogen and oxygen atoms in total. The summed E-state index contributed by atoms with van der Waals surface area (Å²) in [5, 5.41) is 4.05. The van der Waals surface area contributed by atoms with Gasteiger partial charge in [0.2, 0.25) is 0 Å².